The molecule has 116 valence electrons. The molecule has 0 aliphatic heterocycles. The summed E-state index contributed by atoms with van der Waals surface area (Å²) < 4.78 is 1.78. The molecule has 1 atom stereocenters. The third-order valence-electron chi connectivity index (χ3n) is 4.30. The minimum absolute atomic E-state index is 0.0123. The first-order chi connectivity index (χ1) is 10.6. The summed E-state index contributed by atoms with van der Waals surface area (Å²) in [5.41, 5.74) is 1.43. The maximum Gasteiger partial charge on any atom is 0.224 e. The van der Waals surface area contributed by atoms with Gasteiger partial charge in [-0.2, -0.15) is 5.10 Å². The SMILES string of the molecule is CC(CO)(NC(=O)Cc1ccc(-n2cccn2)cc1)C1CC1. The Kier molecular flexibility index (Phi) is 3.98. The Hall–Kier alpha value is -2.14. The Morgan fingerprint density at radius 1 is 1.41 bits per heavy atom. The molecule has 1 heterocycles. The fraction of sp³-hybridized carbons (Fsp3) is 0.412. The molecule has 0 saturated heterocycles. The van der Waals surface area contributed by atoms with Crippen LogP contribution in [0.4, 0.5) is 0 Å². The van der Waals surface area contributed by atoms with Crippen molar-refractivity contribution in [1.82, 2.24) is 15.1 Å². The van der Waals surface area contributed by atoms with Crippen molar-refractivity contribution in [3.8, 4) is 5.69 Å². The molecule has 5 nitrogen and oxygen atoms in total. The van der Waals surface area contributed by atoms with E-state index in [0.29, 0.717) is 12.3 Å². The van der Waals surface area contributed by atoms with Crippen LogP contribution in [0.5, 0.6) is 0 Å². The number of carbonyl (C=O) groups is 1. The average molecular weight is 299 g/mol. The van der Waals surface area contributed by atoms with Crippen LogP contribution in [0.25, 0.3) is 5.69 Å². The van der Waals surface area contributed by atoms with E-state index in [2.05, 4.69) is 10.4 Å². The van der Waals surface area contributed by atoms with Gasteiger partial charge >= 0.3 is 0 Å². The molecule has 1 aliphatic carbocycles. The fourth-order valence-corrected chi connectivity index (χ4v) is 2.73. The Bertz CT molecular complexity index is 632. The minimum Gasteiger partial charge on any atom is -0.394 e. The first-order valence-corrected chi connectivity index (χ1v) is 7.61. The Morgan fingerprint density at radius 2 is 2.14 bits per heavy atom. The normalized spacial score (nSPS) is 17.0. The molecular weight excluding hydrogens is 278 g/mol. The second kappa shape index (κ2) is 5.93. The average Bonchev–Trinajstić information content (AvgIpc) is 3.24. The highest BCUT2D eigenvalue weighted by atomic mass is 16.3. The van der Waals surface area contributed by atoms with Gasteiger partial charge in [0.25, 0.3) is 0 Å². The highest BCUT2D eigenvalue weighted by Gasteiger charge is 2.41. The fourth-order valence-electron chi connectivity index (χ4n) is 2.73. The summed E-state index contributed by atoms with van der Waals surface area (Å²) in [6.07, 6.45) is 6.09. The van der Waals surface area contributed by atoms with Gasteiger partial charge in [-0.3, -0.25) is 4.79 Å². The molecule has 2 aromatic rings. The van der Waals surface area contributed by atoms with Gasteiger partial charge in [-0.05, 0) is 49.4 Å². The number of carbonyl (C=O) groups excluding carboxylic acids is 1. The summed E-state index contributed by atoms with van der Waals surface area (Å²) in [5, 5.41) is 16.7. The lowest BCUT2D eigenvalue weighted by molar-refractivity contribution is -0.123. The van der Waals surface area contributed by atoms with Crippen molar-refractivity contribution < 1.29 is 9.90 Å². The summed E-state index contributed by atoms with van der Waals surface area (Å²) in [7, 11) is 0. The van der Waals surface area contributed by atoms with Crippen molar-refractivity contribution in [1.29, 1.82) is 0 Å². The van der Waals surface area contributed by atoms with Crippen LogP contribution < -0.4 is 5.32 Å². The van der Waals surface area contributed by atoms with Gasteiger partial charge in [0.2, 0.25) is 5.91 Å². The van der Waals surface area contributed by atoms with Crippen LogP contribution in [0.3, 0.4) is 0 Å². The van der Waals surface area contributed by atoms with Crippen LogP contribution in [0, 0.1) is 5.92 Å². The van der Waals surface area contributed by atoms with E-state index in [1.165, 1.54) is 0 Å². The summed E-state index contributed by atoms with van der Waals surface area (Å²) in [4.78, 5) is 12.2. The molecule has 3 rings (SSSR count). The number of rotatable bonds is 6. The molecule has 1 aliphatic rings. The zero-order valence-electron chi connectivity index (χ0n) is 12.7. The van der Waals surface area contributed by atoms with E-state index in [9.17, 15) is 9.90 Å². The van der Waals surface area contributed by atoms with Gasteiger partial charge in [-0.1, -0.05) is 12.1 Å². The molecule has 1 aromatic carbocycles. The van der Waals surface area contributed by atoms with Crippen molar-refractivity contribution in [2.24, 2.45) is 5.92 Å². The van der Waals surface area contributed by atoms with E-state index >= 15 is 0 Å². The minimum atomic E-state index is -0.480. The second-order valence-electron chi connectivity index (χ2n) is 6.19. The molecular formula is C17H21N3O2. The van der Waals surface area contributed by atoms with Gasteiger partial charge in [-0.25, -0.2) is 4.68 Å². The Morgan fingerprint density at radius 3 is 2.68 bits per heavy atom. The van der Waals surface area contributed by atoms with Crippen LogP contribution in [0.1, 0.15) is 25.3 Å². The summed E-state index contributed by atoms with van der Waals surface area (Å²) in [5.74, 6) is 0.360. The zero-order valence-corrected chi connectivity index (χ0v) is 12.7. The van der Waals surface area contributed by atoms with Gasteiger partial charge in [0.05, 0.1) is 24.3 Å². The molecule has 2 N–H and O–H groups in total. The van der Waals surface area contributed by atoms with E-state index in [0.717, 1.165) is 24.1 Å². The maximum absolute atomic E-state index is 12.2. The highest BCUT2D eigenvalue weighted by Crippen LogP contribution is 2.39. The molecule has 22 heavy (non-hydrogen) atoms. The van der Waals surface area contributed by atoms with Crippen molar-refractivity contribution >= 4 is 5.91 Å². The lowest BCUT2D eigenvalue weighted by atomic mass is 9.96. The quantitative estimate of drug-likeness (QED) is 0.853. The van der Waals surface area contributed by atoms with Gasteiger partial charge in [0, 0.05) is 12.4 Å². The van der Waals surface area contributed by atoms with E-state index < -0.39 is 5.54 Å². The van der Waals surface area contributed by atoms with Crippen LogP contribution in [-0.4, -0.2) is 32.9 Å². The second-order valence-corrected chi connectivity index (χ2v) is 6.19. The number of benzene rings is 1. The van der Waals surface area contributed by atoms with Crippen molar-refractivity contribution in [2.45, 2.75) is 31.7 Å². The summed E-state index contributed by atoms with van der Waals surface area (Å²) in [6.45, 7) is 1.91. The number of hydrogen-bond donors (Lipinski definition) is 2. The number of aliphatic hydroxyl groups excluding tert-OH is 1. The predicted octanol–water partition coefficient (Wildman–Crippen LogP) is 1.69. The molecule has 1 unspecified atom stereocenters. The largest absolute Gasteiger partial charge is 0.394 e. The van der Waals surface area contributed by atoms with Gasteiger partial charge < -0.3 is 10.4 Å². The number of aromatic nitrogens is 2. The lowest BCUT2D eigenvalue weighted by Crippen LogP contribution is -2.51. The Labute approximate surface area is 130 Å². The number of nitrogens with zero attached hydrogens (tertiary/aromatic N) is 2. The van der Waals surface area contributed by atoms with Gasteiger partial charge in [0.15, 0.2) is 0 Å². The van der Waals surface area contributed by atoms with Crippen molar-refractivity contribution in [3.05, 3.63) is 48.3 Å². The van der Waals surface area contributed by atoms with Crippen LogP contribution >= 0.6 is 0 Å². The summed E-state index contributed by atoms with van der Waals surface area (Å²) in [6, 6.07) is 9.63. The van der Waals surface area contributed by atoms with Gasteiger partial charge in [-0.15, -0.1) is 0 Å². The molecule has 0 spiro atoms. The Balaban J connectivity index is 1.62. The van der Waals surface area contributed by atoms with Gasteiger partial charge in [0.1, 0.15) is 0 Å². The molecule has 1 aromatic heterocycles. The highest BCUT2D eigenvalue weighted by molar-refractivity contribution is 5.79. The molecule has 1 saturated carbocycles. The number of hydrogen-bond acceptors (Lipinski definition) is 3. The predicted molar refractivity (Wildman–Crippen MR) is 83.6 cm³/mol. The number of amides is 1. The van der Waals surface area contributed by atoms with E-state index in [1.807, 2.05) is 43.5 Å². The van der Waals surface area contributed by atoms with Crippen molar-refractivity contribution in [2.75, 3.05) is 6.61 Å². The van der Waals surface area contributed by atoms with Crippen LogP contribution in [-0.2, 0) is 11.2 Å². The number of nitrogens with one attached hydrogen (secondary N) is 1. The van der Waals surface area contributed by atoms with E-state index in [1.54, 1.807) is 10.9 Å². The third-order valence-corrected chi connectivity index (χ3v) is 4.30. The van der Waals surface area contributed by atoms with Crippen molar-refractivity contribution in [3.63, 3.8) is 0 Å². The smallest absolute Gasteiger partial charge is 0.224 e. The monoisotopic (exact) mass is 299 g/mol. The molecule has 1 fully saturated rings. The first kappa shape index (κ1) is 14.8. The summed E-state index contributed by atoms with van der Waals surface area (Å²) >= 11 is 0. The molecule has 0 radical (unpaired) electrons. The number of aliphatic hydroxyl groups is 1. The van der Waals surface area contributed by atoms with Crippen LogP contribution in [0.2, 0.25) is 0 Å². The topological polar surface area (TPSA) is 67.2 Å². The first-order valence-electron chi connectivity index (χ1n) is 7.61. The molecule has 5 heteroatoms. The van der Waals surface area contributed by atoms with E-state index in [4.69, 9.17) is 0 Å². The molecule has 1 amide bonds. The zero-order chi connectivity index (χ0) is 15.6. The van der Waals surface area contributed by atoms with E-state index in [-0.39, 0.29) is 12.5 Å². The standard InChI is InChI=1S/C17H21N3O2/c1-17(12-21,14-5-6-14)19-16(22)11-13-3-7-15(8-4-13)20-10-2-9-18-20/h2-4,7-10,14,21H,5-6,11-12H2,1H3,(H,19,22). The van der Waals surface area contributed by atoms with Crippen LogP contribution in [0.15, 0.2) is 42.7 Å². The maximum atomic E-state index is 12.2. The molecule has 0 bridgehead atoms. The third kappa shape index (κ3) is 3.20. The lowest BCUT2D eigenvalue weighted by Gasteiger charge is -2.28.